The van der Waals surface area contributed by atoms with E-state index in [1.165, 1.54) is 18.5 Å². The Morgan fingerprint density at radius 3 is 2.66 bits per heavy atom. The minimum Gasteiger partial charge on any atom is -0.484 e. The Labute approximate surface area is 171 Å². The molecule has 0 saturated heterocycles. The molecule has 2 aromatic rings. The quantitative estimate of drug-likeness (QED) is 0.719. The summed E-state index contributed by atoms with van der Waals surface area (Å²) in [6.45, 7) is -0.216. The van der Waals surface area contributed by atoms with Gasteiger partial charge in [0, 0.05) is 23.1 Å². The highest BCUT2D eigenvalue weighted by Crippen LogP contribution is 2.60. The number of hydrogen-bond acceptors (Lipinski definition) is 5. The number of hydrogen-bond donors (Lipinski definition) is 2. The first kappa shape index (κ1) is 18.4. The molecule has 4 saturated carbocycles. The summed E-state index contributed by atoms with van der Waals surface area (Å²) in [4.78, 5) is 28.8. The first-order valence-corrected chi connectivity index (χ1v) is 9.90. The molecule has 2 bridgehead atoms. The topological polar surface area (TPSA) is 93.5 Å². The number of rotatable bonds is 7. The molecule has 152 valence electrons. The second kappa shape index (κ2) is 6.45. The molecule has 2 amide bonds. The minimum atomic E-state index is -0.598. The van der Waals surface area contributed by atoms with Crippen LogP contribution in [0.2, 0.25) is 5.02 Å². The lowest BCUT2D eigenvalue weighted by molar-refractivity contribution is -0.141. The number of benzene rings is 1. The van der Waals surface area contributed by atoms with Crippen LogP contribution in [0.3, 0.4) is 0 Å². The zero-order chi connectivity index (χ0) is 20.2. The number of ether oxygens (including phenoxy) is 1. The van der Waals surface area contributed by atoms with E-state index in [0.29, 0.717) is 36.6 Å². The van der Waals surface area contributed by atoms with Gasteiger partial charge in [0.15, 0.2) is 18.7 Å². The molecule has 29 heavy (non-hydrogen) atoms. The first-order valence-electron chi connectivity index (χ1n) is 9.52. The fourth-order valence-corrected chi connectivity index (χ4v) is 4.58. The number of aromatic nitrogens is 1. The van der Waals surface area contributed by atoms with Crippen LogP contribution in [0.15, 0.2) is 29.0 Å². The number of carbonyl (C=O) groups excluding carboxylic acids is 2. The Morgan fingerprint density at radius 1 is 1.24 bits per heavy atom. The molecule has 6 rings (SSSR count). The molecule has 0 radical (unpaired) electrons. The average Bonchev–Trinajstić information content (AvgIpc) is 3.36. The molecule has 0 unspecified atom stereocenters. The predicted octanol–water partition coefficient (Wildman–Crippen LogP) is 2.94. The number of amides is 2. The molecular formula is C20H19ClFN3O4. The lowest BCUT2D eigenvalue weighted by Crippen LogP contribution is -2.84. The summed E-state index contributed by atoms with van der Waals surface area (Å²) < 4.78 is 24.1. The summed E-state index contributed by atoms with van der Waals surface area (Å²) in [5.41, 5.74) is -0.217. The fourth-order valence-electron chi connectivity index (χ4n) is 4.46. The van der Waals surface area contributed by atoms with Gasteiger partial charge in [-0.25, -0.2) is 9.37 Å². The van der Waals surface area contributed by atoms with E-state index in [4.69, 9.17) is 20.8 Å². The number of oxazole rings is 1. The molecule has 0 spiro atoms. The van der Waals surface area contributed by atoms with Crippen LogP contribution < -0.4 is 15.4 Å². The van der Waals surface area contributed by atoms with Gasteiger partial charge in [0.05, 0.1) is 5.02 Å². The molecule has 0 atom stereocenters. The lowest BCUT2D eigenvalue weighted by Gasteiger charge is -2.70. The SMILES string of the molecule is O=C(COc1ccc(Cl)c(F)c1)NC12CC(NC(=O)c3ncoc3C3CC3)(C1)C2. The van der Waals surface area contributed by atoms with Gasteiger partial charge in [-0.05, 0) is 44.2 Å². The van der Waals surface area contributed by atoms with Crippen LogP contribution in [0.1, 0.15) is 54.3 Å². The molecule has 2 N–H and O–H groups in total. The molecule has 1 heterocycles. The highest BCUT2D eigenvalue weighted by molar-refractivity contribution is 6.30. The smallest absolute Gasteiger partial charge is 0.273 e. The van der Waals surface area contributed by atoms with Gasteiger partial charge in [0.1, 0.15) is 17.3 Å². The van der Waals surface area contributed by atoms with Gasteiger partial charge in [-0.1, -0.05) is 11.6 Å². The number of nitrogens with one attached hydrogen (secondary N) is 2. The molecule has 9 heteroatoms. The third-order valence-corrected chi connectivity index (χ3v) is 6.14. The molecule has 7 nitrogen and oxygen atoms in total. The fraction of sp³-hybridized carbons (Fsp3) is 0.450. The van der Waals surface area contributed by atoms with E-state index >= 15 is 0 Å². The minimum absolute atomic E-state index is 0.00196. The molecular weight excluding hydrogens is 401 g/mol. The van der Waals surface area contributed by atoms with Gasteiger partial charge < -0.3 is 19.8 Å². The Morgan fingerprint density at radius 2 is 1.97 bits per heavy atom. The zero-order valence-electron chi connectivity index (χ0n) is 15.5. The Kier molecular flexibility index (Phi) is 4.10. The van der Waals surface area contributed by atoms with E-state index in [2.05, 4.69) is 15.6 Å². The standard InChI is InChI=1S/C20H19ClFN3O4/c21-13-4-3-12(5-14(13)22)28-6-15(26)24-19-7-20(8-19,9-19)25-18(27)16-17(11-1-2-11)29-10-23-16/h3-5,10-11H,1-2,6-9H2,(H,24,26)(H,25,27). The predicted molar refractivity (Wildman–Crippen MR) is 100 cm³/mol. The molecule has 1 aromatic heterocycles. The number of nitrogens with zero attached hydrogens (tertiary/aromatic N) is 1. The third-order valence-electron chi connectivity index (χ3n) is 5.83. The largest absolute Gasteiger partial charge is 0.484 e. The van der Waals surface area contributed by atoms with Crippen molar-refractivity contribution < 1.29 is 23.1 Å². The van der Waals surface area contributed by atoms with E-state index in [0.717, 1.165) is 18.9 Å². The van der Waals surface area contributed by atoms with Gasteiger partial charge in [-0.3, -0.25) is 9.59 Å². The summed E-state index contributed by atoms with van der Waals surface area (Å²) >= 11 is 5.62. The van der Waals surface area contributed by atoms with Crippen molar-refractivity contribution in [3.63, 3.8) is 0 Å². The summed E-state index contributed by atoms with van der Waals surface area (Å²) in [6, 6.07) is 4.02. The van der Waals surface area contributed by atoms with Crippen molar-refractivity contribution in [2.75, 3.05) is 6.61 Å². The molecule has 1 aromatic carbocycles. The average molecular weight is 420 g/mol. The second-order valence-electron chi connectivity index (χ2n) is 8.30. The maximum Gasteiger partial charge on any atom is 0.273 e. The van der Waals surface area contributed by atoms with Crippen LogP contribution in [-0.2, 0) is 4.79 Å². The van der Waals surface area contributed by atoms with Crippen LogP contribution in [0.4, 0.5) is 4.39 Å². The molecule has 0 aliphatic heterocycles. The molecule has 4 aliphatic rings. The summed E-state index contributed by atoms with van der Waals surface area (Å²) in [6.07, 6.45) is 5.39. The van der Waals surface area contributed by atoms with Crippen LogP contribution in [0.25, 0.3) is 0 Å². The summed E-state index contributed by atoms with van der Waals surface area (Å²) in [5.74, 6) is 0.126. The maximum atomic E-state index is 13.4. The summed E-state index contributed by atoms with van der Waals surface area (Å²) in [7, 11) is 0. The Balaban J connectivity index is 1.10. The van der Waals surface area contributed by atoms with Crippen molar-refractivity contribution in [1.29, 1.82) is 0 Å². The second-order valence-corrected chi connectivity index (χ2v) is 8.70. The zero-order valence-corrected chi connectivity index (χ0v) is 16.2. The third kappa shape index (κ3) is 3.35. The van der Waals surface area contributed by atoms with Gasteiger partial charge in [-0.2, -0.15) is 0 Å². The monoisotopic (exact) mass is 419 g/mol. The van der Waals surface area contributed by atoms with Gasteiger partial charge in [-0.15, -0.1) is 0 Å². The van der Waals surface area contributed by atoms with Crippen molar-refractivity contribution in [2.45, 2.75) is 49.1 Å². The van der Waals surface area contributed by atoms with Crippen molar-refractivity contribution in [3.8, 4) is 5.75 Å². The van der Waals surface area contributed by atoms with E-state index in [9.17, 15) is 14.0 Å². The molecule has 4 aliphatic carbocycles. The highest BCUT2D eigenvalue weighted by atomic mass is 35.5. The van der Waals surface area contributed by atoms with E-state index in [-0.39, 0.29) is 40.3 Å². The lowest BCUT2D eigenvalue weighted by atomic mass is 9.44. The normalized spacial score (nSPS) is 26.8. The van der Waals surface area contributed by atoms with Crippen molar-refractivity contribution in [2.24, 2.45) is 0 Å². The van der Waals surface area contributed by atoms with Crippen molar-refractivity contribution in [1.82, 2.24) is 15.6 Å². The van der Waals surface area contributed by atoms with E-state index < -0.39 is 5.82 Å². The molecule has 4 fully saturated rings. The van der Waals surface area contributed by atoms with Crippen LogP contribution in [0.5, 0.6) is 5.75 Å². The Bertz CT molecular complexity index is 984. The van der Waals surface area contributed by atoms with Crippen LogP contribution >= 0.6 is 11.6 Å². The number of carbonyl (C=O) groups is 2. The van der Waals surface area contributed by atoms with Crippen LogP contribution in [0, 0.1) is 5.82 Å². The Hall–Kier alpha value is -2.61. The van der Waals surface area contributed by atoms with Crippen molar-refractivity contribution >= 4 is 23.4 Å². The summed E-state index contributed by atoms with van der Waals surface area (Å²) in [5, 5.41) is 6.01. The van der Waals surface area contributed by atoms with Crippen LogP contribution in [-0.4, -0.2) is 34.5 Å². The van der Waals surface area contributed by atoms with Gasteiger partial charge in [0.25, 0.3) is 11.8 Å². The van der Waals surface area contributed by atoms with Crippen molar-refractivity contribution in [3.05, 3.63) is 46.9 Å². The van der Waals surface area contributed by atoms with E-state index in [1.54, 1.807) is 0 Å². The van der Waals surface area contributed by atoms with Gasteiger partial charge in [0.2, 0.25) is 0 Å². The first-order chi connectivity index (χ1) is 13.9. The van der Waals surface area contributed by atoms with Gasteiger partial charge >= 0.3 is 0 Å². The van der Waals surface area contributed by atoms with E-state index in [1.807, 2.05) is 0 Å². The highest BCUT2D eigenvalue weighted by Gasteiger charge is 2.69. The maximum absolute atomic E-state index is 13.4. The number of halogens is 2.